The van der Waals surface area contributed by atoms with Gasteiger partial charge in [-0.2, -0.15) is 0 Å². The maximum Gasteiger partial charge on any atom is 0.328 e. The van der Waals surface area contributed by atoms with Crippen LogP contribution in [0.1, 0.15) is 13.3 Å². The fourth-order valence-corrected chi connectivity index (χ4v) is 3.08. The Bertz CT molecular complexity index is 1070. The molecule has 2 N–H and O–H groups in total. The maximum atomic E-state index is 12.3. The standard InChI is InChI=1S/C21H24N4O3/c1-15(24(2)16-8-4-3-5-9-16)14-22-19(26)12-13-25-18-11-7-6-10-17(18)20(27)23-21(25)28/h3-11,15H,12-14H2,1-2H3,(H,22,26)(H,23,27,28). The van der Waals surface area contributed by atoms with Crippen LogP contribution in [0.2, 0.25) is 0 Å². The number of benzene rings is 2. The summed E-state index contributed by atoms with van der Waals surface area (Å²) in [6.07, 6.45) is 0.151. The molecule has 1 amide bonds. The number of hydrogen-bond acceptors (Lipinski definition) is 4. The predicted octanol–water partition coefficient (Wildman–Crippen LogP) is 1.72. The van der Waals surface area contributed by atoms with Crippen LogP contribution >= 0.6 is 0 Å². The number of aromatic amines is 1. The minimum Gasteiger partial charge on any atom is -0.370 e. The first-order chi connectivity index (χ1) is 13.5. The normalized spacial score (nSPS) is 11.9. The Morgan fingerprint density at radius 2 is 1.79 bits per heavy atom. The number of nitrogens with zero attached hydrogens (tertiary/aromatic N) is 2. The van der Waals surface area contributed by atoms with Gasteiger partial charge in [0.25, 0.3) is 5.56 Å². The molecular formula is C21H24N4O3. The first kappa shape index (κ1) is 19.4. The molecule has 0 fully saturated rings. The fourth-order valence-electron chi connectivity index (χ4n) is 3.08. The molecule has 0 aliphatic heterocycles. The first-order valence-electron chi connectivity index (χ1n) is 9.24. The van der Waals surface area contributed by atoms with Crippen molar-refractivity contribution in [1.29, 1.82) is 0 Å². The SMILES string of the molecule is CC(CNC(=O)CCn1c(=O)[nH]c(=O)c2ccccc21)N(C)c1ccccc1. The van der Waals surface area contributed by atoms with Crippen LogP contribution in [0.4, 0.5) is 5.69 Å². The van der Waals surface area contributed by atoms with Gasteiger partial charge < -0.3 is 10.2 Å². The van der Waals surface area contributed by atoms with Gasteiger partial charge in [0, 0.05) is 38.3 Å². The molecule has 0 bridgehead atoms. The van der Waals surface area contributed by atoms with E-state index in [4.69, 9.17) is 0 Å². The number of carbonyl (C=O) groups excluding carboxylic acids is 1. The number of nitrogens with one attached hydrogen (secondary N) is 2. The van der Waals surface area contributed by atoms with E-state index < -0.39 is 11.2 Å². The summed E-state index contributed by atoms with van der Waals surface area (Å²) in [7, 11) is 1.98. The topological polar surface area (TPSA) is 87.2 Å². The molecular weight excluding hydrogens is 356 g/mol. The molecule has 28 heavy (non-hydrogen) atoms. The Morgan fingerprint density at radius 1 is 1.11 bits per heavy atom. The second-order valence-corrected chi connectivity index (χ2v) is 6.78. The Labute approximate surface area is 162 Å². The second-order valence-electron chi connectivity index (χ2n) is 6.78. The number of hydrogen-bond donors (Lipinski definition) is 2. The number of anilines is 1. The number of amides is 1. The Balaban J connectivity index is 1.60. The first-order valence-corrected chi connectivity index (χ1v) is 9.24. The molecule has 0 aliphatic rings. The highest BCUT2D eigenvalue weighted by atomic mass is 16.2. The van der Waals surface area contributed by atoms with Crippen LogP contribution in [0.25, 0.3) is 10.9 Å². The summed E-state index contributed by atoms with van der Waals surface area (Å²) in [5.41, 5.74) is 0.685. The molecule has 146 valence electrons. The molecule has 0 spiro atoms. The van der Waals surface area contributed by atoms with Crippen molar-refractivity contribution in [2.45, 2.75) is 25.9 Å². The van der Waals surface area contributed by atoms with Gasteiger partial charge in [-0.1, -0.05) is 30.3 Å². The Hall–Kier alpha value is -3.35. The van der Waals surface area contributed by atoms with Gasteiger partial charge in [0.15, 0.2) is 0 Å². The largest absolute Gasteiger partial charge is 0.370 e. The highest BCUT2D eigenvalue weighted by molar-refractivity contribution is 5.78. The van der Waals surface area contributed by atoms with E-state index in [1.807, 2.05) is 44.3 Å². The number of likely N-dealkylation sites (N-methyl/N-ethyl adjacent to an activating group) is 1. The number of aryl methyl sites for hydroxylation is 1. The van der Waals surface area contributed by atoms with Crippen molar-refractivity contribution in [2.24, 2.45) is 0 Å². The van der Waals surface area contributed by atoms with Gasteiger partial charge in [-0.3, -0.25) is 19.1 Å². The molecule has 0 saturated heterocycles. The number of para-hydroxylation sites is 2. The quantitative estimate of drug-likeness (QED) is 0.653. The zero-order valence-corrected chi connectivity index (χ0v) is 16.0. The van der Waals surface area contributed by atoms with Crippen molar-refractivity contribution in [3.8, 4) is 0 Å². The molecule has 1 heterocycles. The zero-order valence-electron chi connectivity index (χ0n) is 16.0. The maximum absolute atomic E-state index is 12.3. The highest BCUT2D eigenvalue weighted by Gasteiger charge is 2.12. The van der Waals surface area contributed by atoms with Crippen LogP contribution in [0.5, 0.6) is 0 Å². The zero-order chi connectivity index (χ0) is 20.1. The highest BCUT2D eigenvalue weighted by Crippen LogP contribution is 2.13. The molecule has 1 aromatic heterocycles. The molecule has 7 heteroatoms. The van der Waals surface area contributed by atoms with E-state index in [0.29, 0.717) is 17.4 Å². The molecule has 0 radical (unpaired) electrons. The van der Waals surface area contributed by atoms with Gasteiger partial charge in [-0.05, 0) is 31.2 Å². The lowest BCUT2D eigenvalue weighted by atomic mass is 10.2. The van der Waals surface area contributed by atoms with Crippen molar-refractivity contribution in [3.05, 3.63) is 75.4 Å². The van der Waals surface area contributed by atoms with E-state index in [1.54, 1.807) is 24.3 Å². The van der Waals surface area contributed by atoms with Crippen LogP contribution in [-0.4, -0.2) is 35.1 Å². The van der Waals surface area contributed by atoms with Crippen LogP contribution in [0.3, 0.4) is 0 Å². The third-order valence-electron chi connectivity index (χ3n) is 4.89. The summed E-state index contributed by atoms with van der Waals surface area (Å²) in [5, 5.41) is 3.35. The average molecular weight is 380 g/mol. The summed E-state index contributed by atoms with van der Waals surface area (Å²) >= 11 is 0. The number of fused-ring (bicyclic) bond motifs is 1. The van der Waals surface area contributed by atoms with Crippen molar-refractivity contribution >= 4 is 22.5 Å². The molecule has 1 atom stereocenters. The number of carbonyl (C=O) groups is 1. The van der Waals surface area contributed by atoms with Gasteiger partial charge in [-0.15, -0.1) is 0 Å². The van der Waals surface area contributed by atoms with Gasteiger partial charge in [0.2, 0.25) is 5.91 Å². The van der Waals surface area contributed by atoms with Crippen LogP contribution in [0, 0.1) is 0 Å². The lowest BCUT2D eigenvalue weighted by Gasteiger charge is -2.27. The lowest BCUT2D eigenvalue weighted by Crippen LogP contribution is -2.40. The molecule has 3 aromatic rings. The molecule has 7 nitrogen and oxygen atoms in total. The van der Waals surface area contributed by atoms with E-state index in [1.165, 1.54) is 4.57 Å². The molecule has 0 saturated carbocycles. The van der Waals surface area contributed by atoms with Crippen LogP contribution in [-0.2, 0) is 11.3 Å². The molecule has 3 rings (SSSR count). The third kappa shape index (κ3) is 4.31. The van der Waals surface area contributed by atoms with Gasteiger partial charge >= 0.3 is 5.69 Å². The number of aromatic nitrogens is 2. The van der Waals surface area contributed by atoms with E-state index >= 15 is 0 Å². The molecule has 2 aromatic carbocycles. The third-order valence-corrected chi connectivity index (χ3v) is 4.89. The number of H-pyrrole nitrogens is 1. The predicted molar refractivity (Wildman–Crippen MR) is 111 cm³/mol. The summed E-state index contributed by atoms with van der Waals surface area (Å²) in [4.78, 5) is 40.7. The van der Waals surface area contributed by atoms with Crippen LogP contribution < -0.4 is 21.5 Å². The van der Waals surface area contributed by atoms with E-state index in [0.717, 1.165) is 5.69 Å². The van der Waals surface area contributed by atoms with E-state index in [-0.39, 0.29) is 24.9 Å². The number of rotatable bonds is 7. The smallest absolute Gasteiger partial charge is 0.328 e. The lowest BCUT2D eigenvalue weighted by molar-refractivity contribution is -0.121. The second kappa shape index (κ2) is 8.56. The molecule has 1 unspecified atom stereocenters. The molecule has 0 aliphatic carbocycles. The Morgan fingerprint density at radius 3 is 2.54 bits per heavy atom. The summed E-state index contributed by atoms with van der Waals surface area (Å²) in [5.74, 6) is -0.143. The summed E-state index contributed by atoms with van der Waals surface area (Å²) in [6.45, 7) is 2.73. The minimum atomic E-state index is -0.506. The van der Waals surface area contributed by atoms with Crippen molar-refractivity contribution in [1.82, 2.24) is 14.9 Å². The van der Waals surface area contributed by atoms with Gasteiger partial charge in [-0.25, -0.2) is 4.79 Å². The summed E-state index contributed by atoms with van der Waals surface area (Å²) in [6, 6.07) is 16.9. The average Bonchev–Trinajstić information content (AvgIpc) is 2.72. The fraction of sp³-hybridized carbons (Fsp3) is 0.286. The minimum absolute atomic E-state index is 0.114. The van der Waals surface area contributed by atoms with Crippen molar-refractivity contribution < 1.29 is 4.79 Å². The van der Waals surface area contributed by atoms with Crippen LogP contribution in [0.15, 0.2) is 64.2 Å². The van der Waals surface area contributed by atoms with Crippen molar-refractivity contribution in [2.75, 3.05) is 18.5 Å². The summed E-state index contributed by atoms with van der Waals surface area (Å²) < 4.78 is 1.43. The van der Waals surface area contributed by atoms with E-state index in [2.05, 4.69) is 15.2 Å². The van der Waals surface area contributed by atoms with E-state index in [9.17, 15) is 14.4 Å². The Kier molecular flexibility index (Phi) is 5.93. The monoisotopic (exact) mass is 380 g/mol. The van der Waals surface area contributed by atoms with Gasteiger partial charge in [0.05, 0.1) is 10.9 Å². The van der Waals surface area contributed by atoms with Gasteiger partial charge in [0.1, 0.15) is 0 Å². The van der Waals surface area contributed by atoms with Crippen molar-refractivity contribution in [3.63, 3.8) is 0 Å².